The van der Waals surface area contributed by atoms with Gasteiger partial charge in [-0.05, 0) is 36.4 Å². The van der Waals surface area contributed by atoms with Gasteiger partial charge in [-0.25, -0.2) is 0 Å². The fourth-order valence-electron chi connectivity index (χ4n) is 3.39. The summed E-state index contributed by atoms with van der Waals surface area (Å²) in [4.78, 5) is 1.46. The molecule has 0 amide bonds. The molecule has 0 radical (unpaired) electrons. The lowest BCUT2D eigenvalue weighted by atomic mass is 9.76. The number of benzene rings is 1. The van der Waals surface area contributed by atoms with Crippen molar-refractivity contribution >= 4 is 21.4 Å². The number of nitrogens with zero attached hydrogens (tertiary/aromatic N) is 1. The van der Waals surface area contributed by atoms with Gasteiger partial charge in [0, 0.05) is 16.8 Å². The molecule has 1 nitrogen and oxygen atoms in total. The van der Waals surface area contributed by atoms with Crippen LogP contribution < -0.4 is 4.57 Å². The molecule has 0 aliphatic carbocycles. The van der Waals surface area contributed by atoms with Crippen LogP contribution in [0.15, 0.2) is 48.7 Å². The average Bonchev–Trinajstić information content (AvgIpc) is 2.88. The summed E-state index contributed by atoms with van der Waals surface area (Å²) in [5.41, 5.74) is 3.16. The smallest absolute Gasteiger partial charge is 0.197 e. The van der Waals surface area contributed by atoms with Crippen LogP contribution in [-0.2, 0) is 12.0 Å². The minimum absolute atomic E-state index is 0.230. The lowest BCUT2D eigenvalue weighted by molar-refractivity contribution is -0.696. The first-order chi connectivity index (χ1) is 9.73. The Morgan fingerprint density at radius 1 is 1.15 bits per heavy atom. The van der Waals surface area contributed by atoms with E-state index in [0.29, 0.717) is 0 Å². The van der Waals surface area contributed by atoms with Crippen LogP contribution in [0.25, 0.3) is 20.7 Å². The normalized spacial score (nSPS) is 20.7. The number of rotatable bonds is 1. The van der Waals surface area contributed by atoms with Gasteiger partial charge in [0.2, 0.25) is 5.69 Å². The quantitative estimate of drug-likeness (QED) is 0.576. The van der Waals surface area contributed by atoms with Gasteiger partial charge in [0.05, 0.1) is 5.41 Å². The standard InChI is InChI=1S/C18H18NS/c1-3-18(2)12-19-11-7-6-9-14(19)17-16(18)13-8-4-5-10-15(13)20-17/h4-11H,3,12H2,1-2H3/q+1. The summed E-state index contributed by atoms with van der Waals surface area (Å²) in [6, 6.07) is 15.4. The van der Waals surface area contributed by atoms with Gasteiger partial charge in [-0.2, -0.15) is 4.57 Å². The van der Waals surface area contributed by atoms with Gasteiger partial charge in [-0.1, -0.05) is 25.1 Å². The zero-order chi connectivity index (χ0) is 13.7. The summed E-state index contributed by atoms with van der Waals surface area (Å²) in [5.74, 6) is 0. The Labute approximate surface area is 123 Å². The van der Waals surface area contributed by atoms with Gasteiger partial charge in [-0.3, -0.25) is 0 Å². The lowest BCUT2D eigenvalue weighted by Gasteiger charge is -2.30. The second-order valence-electron chi connectivity index (χ2n) is 5.93. The van der Waals surface area contributed by atoms with Crippen LogP contribution in [0.2, 0.25) is 0 Å². The lowest BCUT2D eigenvalue weighted by Crippen LogP contribution is -2.48. The Morgan fingerprint density at radius 3 is 2.80 bits per heavy atom. The van der Waals surface area contributed by atoms with Crippen molar-refractivity contribution in [1.29, 1.82) is 0 Å². The first-order valence-corrected chi connectivity index (χ1v) is 8.05. The molecule has 1 atom stereocenters. The fraction of sp³-hybridized carbons (Fsp3) is 0.278. The molecule has 0 N–H and O–H groups in total. The van der Waals surface area contributed by atoms with E-state index in [-0.39, 0.29) is 5.41 Å². The number of hydrogen-bond acceptors (Lipinski definition) is 1. The molecular weight excluding hydrogens is 262 g/mol. The van der Waals surface area contributed by atoms with Crippen molar-refractivity contribution in [2.45, 2.75) is 32.2 Å². The van der Waals surface area contributed by atoms with E-state index < -0.39 is 0 Å². The van der Waals surface area contributed by atoms with E-state index in [1.165, 1.54) is 27.1 Å². The summed E-state index contributed by atoms with van der Waals surface area (Å²) in [5, 5.41) is 1.45. The number of thiophene rings is 1. The maximum Gasteiger partial charge on any atom is 0.222 e. The highest BCUT2D eigenvalue weighted by Gasteiger charge is 2.41. The van der Waals surface area contributed by atoms with E-state index >= 15 is 0 Å². The van der Waals surface area contributed by atoms with Gasteiger partial charge >= 0.3 is 0 Å². The van der Waals surface area contributed by atoms with Crippen molar-refractivity contribution in [2.24, 2.45) is 0 Å². The van der Waals surface area contributed by atoms with Crippen molar-refractivity contribution in [3.8, 4) is 10.6 Å². The van der Waals surface area contributed by atoms with E-state index in [1.807, 2.05) is 11.3 Å². The van der Waals surface area contributed by atoms with Crippen molar-refractivity contribution in [2.75, 3.05) is 0 Å². The third-order valence-corrected chi connectivity index (χ3v) is 5.87. The molecule has 3 heterocycles. The molecule has 1 unspecified atom stereocenters. The summed E-state index contributed by atoms with van der Waals surface area (Å²) in [7, 11) is 0. The molecule has 0 fully saturated rings. The Bertz CT molecular complexity index is 802. The molecule has 2 aromatic heterocycles. The molecule has 0 bridgehead atoms. The number of fused-ring (bicyclic) bond motifs is 5. The maximum absolute atomic E-state index is 2.42. The SMILES string of the molecule is CCC1(C)C[n+]2ccccc2-c2sc3ccccc3c21. The molecule has 0 saturated heterocycles. The number of hydrogen-bond donors (Lipinski definition) is 0. The zero-order valence-corrected chi connectivity index (χ0v) is 12.7. The Balaban J connectivity index is 2.14. The third kappa shape index (κ3) is 1.52. The predicted molar refractivity (Wildman–Crippen MR) is 85.1 cm³/mol. The fourth-order valence-corrected chi connectivity index (χ4v) is 4.78. The van der Waals surface area contributed by atoms with Crippen molar-refractivity contribution in [3.63, 3.8) is 0 Å². The van der Waals surface area contributed by atoms with Crippen molar-refractivity contribution in [1.82, 2.24) is 0 Å². The van der Waals surface area contributed by atoms with E-state index in [4.69, 9.17) is 0 Å². The van der Waals surface area contributed by atoms with Gasteiger partial charge in [0.1, 0.15) is 4.88 Å². The molecule has 4 rings (SSSR count). The maximum atomic E-state index is 2.42. The van der Waals surface area contributed by atoms with E-state index in [9.17, 15) is 0 Å². The second kappa shape index (κ2) is 4.16. The van der Waals surface area contributed by atoms with Gasteiger partial charge in [0.15, 0.2) is 12.7 Å². The highest BCUT2D eigenvalue weighted by molar-refractivity contribution is 7.22. The van der Waals surface area contributed by atoms with Crippen LogP contribution in [0.5, 0.6) is 0 Å². The van der Waals surface area contributed by atoms with Crippen LogP contribution in [0.4, 0.5) is 0 Å². The molecule has 1 aliphatic rings. The average molecular weight is 280 g/mol. The molecule has 1 aromatic carbocycles. The largest absolute Gasteiger partial charge is 0.222 e. The molecule has 2 heteroatoms. The van der Waals surface area contributed by atoms with Crippen molar-refractivity contribution in [3.05, 3.63) is 54.2 Å². The van der Waals surface area contributed by atoms with Gasteiger partial charge < -0.3 is 0 Å². The molecule has 100 valence electrons. The Hall–Kier alpha value is -1.67. The monoisotopic (exact) mass is 280 g/mol. The van der Waals surface area contributed by atoms with Crippen LogP contribution in [0.1, 0.15) is 25.8 Å². The molecule has 3 aromatic rings. The second-order valence-corrected chi connectivity index (χ2v) is 6.98. The van der Waals surface area contributed by atoms with Crippen LogP contribution >= 0.6 is 11.3 Å². The van der Waals surface area contributed by atoms with E-state index in [2.05, 4.69) is 67.1 Å². The summed E-state index contributed by atoms with van der Waals surface area (Å²) in [6.45, 7) is 5.80. The topological polar surface area (TPSA) is 3.88 Å². The molecule has 0 spiro atoms. The van der Waals surface area contributed by atoms with Crippen LogP contribution in [0, 0.1) is 0 Å². The van der Waals surface area contributed by atoms with Crippen molar-refractivity contribution < 1.29 is 4.57 Å². The summed E-state index contributed by atoms with van der Waals surface area (Å²) < 4.78 is 3.83. The van der Waals surface area contributed by atoms with E-state index in [1.54, 1.807) is 5.56 Å². The highest BCUT2D eigenvalue weighted by Crippen LogP contribution is 2.47. The van der Waals surface area contributed by atoms with Crippen LogP contribution in [0.3, 0.4) is 0 Å². The first kappa shape index (κ1) is 12.1. The van der Waals surface area contributed by atoms with Gasteiger partial charge in [0.25, 0.3) is 0 Å². The molecule has 0 saturated carbocycles. The number of pyridine rings is 1. The minimum Gasteiger partial charge on any atom is -0.197 e. The third-order valence-electron chi connectivity index (χ3n) is 4.67. The molecular formula is C18H18NS+. The van der Waals surface area contributed by atoms with Crippen LogP contribution in [-0.4, -0.2) is 0 Å². The molecule has 20 heavy (non-hydrogen) atoms. The van der Waals surface area contributed by atoms with Gasteiger partial charge in [-0.15, -0.1) is 11.3 Å². The summed E-state index contributed by atoms with van der Waals surface area (Å²) in [6.07, 6.45) is 3.39. The van der Waals surface area contributed by atoms with E-state index in [0.717, 1.165) is 6.54 Å². The molecule has 1 aliphatic heterocycles. The minimum atomic E-state index is 0.230. The highest BCUT2D eigenvalue weighted by atomic mass is 32.1. The Kier molecular flexibility index (Phi) is 2.52. The predicted octanol–water partition coefficient (Wildman–Crippen LogP) is 4.54. The number of aromatic nitrogens is 1. The zero-order valence-electron chi connectivity index (χ0n) is 11.9. The first-order valence-electron chi connectivity index (χ1n) is 7.24. The summed E-state index contributed by atoms with van der Waals surface area (Å²) >= 11 is 1.94. The Morgan fingerprint density at radius 2 is 1.95 bits per heavy atom.